The average Bonchev–Trinajstić information content (AvgIpc) is 2.33. The summed E-state index contributed by atoms with van der Waals surface area (Å²) in [4.78, 5) is 34.8. The molecule has 3 amide bonds. The molecule has 2 atom stereocenters. The number of hydrogen-bond acceptors (Lipinski definition) is 4. The molecule has 0 aromatic rings. The number of carbonyl (C=O) groups is 3. The lowest BCUT2D eigenvalue weighted by Crippen LogP contribution is -2.51. The average molecular weight is 273 g/mol. The standard InChI is InChI=1S/C11H19N3O5/c12-9(16)4-3-8(10(17)18)13-11(19)14-5-1-2-7(15)6-14/h7-8,15H,1-6H2,(H2,12,16)(H,13,19)(H,17,18)/t7?,8-/m0/s1. The molecular weight excluding hydrogens is 254 g/mol. The number of piperidine rings is 1. The normalized spacial score (nSPS) is 20.7. The number of nitrogens with zero attached hydrogens (tertiary/aromatic N) is 1. The van der Waals surface area contributed by atoms with E-state index in [0.29, 0.717) is 19.4 Å². The van der Waals surface area contributed by atoms with Crippen molar-refractivity contribution < 1.29 is 24.6 Å². The summed E-state index contributed by atoms with van der Waals surface area (Å²) in [6.45, 7) is 0.666. The predicted octanol–water partition coefficient (Wildman–Crippen LogP) is -1.13. The first kappa shape index (κ1) is 15.2. The third-order valence-electron chi connectivity index (χ3n) is 2.96. The number of amides is 3. The van der Waals surface area contributed by atoms with Crippen LogP contribution >= 0.6 is 0 Å². The minimum Gasteiger partial charge on any atom is -0.480 e. The lowest BCUT2D eigenvalue weighted by Gasteiger charge is -2.31. The summed E-state index contributed by atoms with van der Waals surface area (Å²) in [5, 5.41) is 20.7. The number of hydrogen-bond donors (Lipinski definition) is 4. The number of carbonyl (C=O) groups excluding carboxylic acids is 2. The molecule has 8 nitrogen and oxygen atoms in total. The Morgan fingerprint density at radius 3 is 2.63 bits per heavy atom. The molecule has 5 N–H and O–H groups in total. The van der Waals surface area contributed by atoms with Gasteiger partial charge in [0.1, 0.15) is 6.04 Å². The van der Waals surface area contributed by atoms with E-state index < -0.39 is 30.1 Å². The summed E-state index contributed by atoms with van der Waals surface area (Å²) in [5.41, 5.74) is 4.94. The highest BCUT2D eigenvalue weighted by molar-refractivity contribution is 5.83. The number of nitrogens with two attached hydrogens (primary N) is 1. The minimum absolute atomic E-state index is 0.0488. The Bertz CT molecular complexity index is 360. The van der Waals surface area contributed by atoms with E-state index in [1.807, 2.05) is 0 Å². The Labute approximate surface area is 110 Å². The van der Waals surface area contributed by atoms with Crippen LogP contribution in [0.25, 0.3) is 0 Å². The number of carboxylic acids is 1. The summed E-state index contributed by atoms with van der Waals surface area (Å²) < 4.78 is 0. The number of aliphatic hydroxyl groups excluding tert-OH is 1. The maximum atomic E-state index is 11.8. The van der Waals surface area contributed by atoms with Crippen molar-refractivity contribution in [3.05, 3.63) is 0 Å². The van der Waals surface area contributed by atoms with Crippen molar-refractivity contribution in [3.63, 3.8) is 0 Å². The number of aliphatic hydroxyl groups is 1. The molecule has 0 aromatic heterocycles. The van der Waals surface area contributed by atoms with Gasteiger partial charge in [-0.1, -0.05) is 0 Å². The highest BCUT2D eigenvalue weighted by atomic mass is 16.4. The van der Waals surface area contributed by atoms with Crippen LogP contribution in [0.2, 0.25) is 0 Å². The summed E-state index contributed by atoms with van der Waals surface area (Å²) >= 11 is 0. The molecule has 108 valence electrons. The lowest BCUT2D eigenvalue weighted by molar-refractivity contribution is -0.139. The van der Waals surface area contributed by atoms with Gasteiger partial charge in [0.25, 0.3) is 0 Å². The second-order valence-electron chi connectivity index (χ2n) is 4.59. The van der Waals surface area contributed by atoms with E-state index in [1.165, 1.54) is 4.90 Å². The zero-order valence-electron chi connectivity index (χ0n) is 10.5. The number of urea groups is 1. The highest BCUT2D eigenvalue weighted by Crippen LogP contribution is 2.10. The van der Waals surface area contributed by atoms with Gasteiger partial charge in [0.2, 0.25) is 5.91 Å². The largest absolute Gasteiger partial charge is 0.480 e. The molecule has 1 fully saturated rings. The number of aliphatic carboxylic acids is 1. The molecule has 0 spiro atoms. The molecule has 8 heteroatoms. The van der Waals surface area contributed by atoms with Crippen molar-refractivity contribution in [2.45, 2.75) is 37.8 Å². The third-order valence-corrected chi connectivity index (χ3v) is 2.96. The third kappa shape index (κ3) is 5.12. The maximum absolute atomic E-state index is 11.8. The summed E-state index contributed by atoms with van der Waals surface area (Å²) in [6.07, 6.45) is 0.571. The fourth-order valence-corrected chi connectivity index (χ4v) is 1.92. The van der Waals surface area contributed by atoms with Crippen molar-refractivity contribution in [2.75, 3.05) is 13.1 Å². The highest BCUT2D eigenvalue weighted by Gasteiger charge is 2.26. The van der Waals surface area contributed by atoms with Crippen LogP contribution in [0.5, 0.6) is 0 Å². The molecule has 1 rings (SSSR count). The van der Waals surface area contributed by atoms with Crippen molar-refractivity contribution in [3.8, 4) is 0 Å². The smallest absolute Gasteiger partial charge is 0.326 e. The maximum Gasteiger partial charge on any atom is 0.326 e. The second kappa shape index (κ2) is 6.93. The Hall–Kier alpha value is -1.83. The molecule has 0 aliphatic carbocycles. The molecule has 19 heavy (non-hydrogen) atoms. The van der Waals surface area contributed by atoms with E-state index in [9.17, 15) is 19.5 Å². The number of carboxylic acid groups (broad SMARTS) is 1. The topological polar surface area (TPSA) is 133 Å². The van der Waals surface area contributed by atoms with E-state index in [1.54, 1.807) is 0 Å². The van der Waals surface area contributed by atoms with Crippen molar-refractivity contribution >= 4 is 17.9 Å². The molecule has 0 radical (unpaired) electrons. The van der Waals surface area contributed by atoms with E-state index in [0.717, 1.165) is 0 Å². The van der Waals surface area contributed by atoms with Crippen molar-refractivity contribution in [1.82, 2.24) is 10.2 Å². The van der Waals surface area contributed by atoms with Crippen LogP contribution in [-0.2, 0) is 9.59 Å². The SMILES string of the molecule is NC(=O)CC[C@H](NC(=O)N1CCCC(O)C1)C(=O)O. The quantitative estimate of drug-likeness (QED) is 0.503. The van der Waals surface area contributed by atoms with E-state index in [4.69, 9.17) is 10.8 Å². The van der Waals surface area contributed by atoms with Crippen LogP contribution < -0.4 is 11.1 Å². The molecule has 1 aliphatic rings. The van der Waals surface area contributed by atoms with Gasteiger partial charge < -0.3 is 26.2 Å². The summed E-state index contributed by atoms with van der Waals surface area (Å²) in [6, 6.07) is -1.70. The van der Waals surface area contributed by atoms with Crippen LogP contribution in [0.15, 0.2) is 0 Å². The first-order valence-electron chi connectivity index (χ1n) is 6.14. The van der Waals surface area contributed by atoms with Crippen LogP contribution in [0.1, 0.15) is 25.7 Å². The number of nitrogens with one attached hydrogen (secondary N) is 1. The van der Waals surface area contributed by atoms with Gasteiger partial charge >= 0.3 is 12.0 Å². The van der Waals surface area contributed by atoms with Crippen LogP contribution in [-0.4, -0.2) is 58.3 Å². The molecular formula is C11H19N3O5. The van der Waals surface area contributed by atoms with E-state index in [-0.39, 0.29) is 19.4 Å². The van der Waals surface area contributed by atoms with Gasteiger partial charge in [-0.25, -0.2) is 9.59 Å². The van der Waals surface area contributed by atoms with Gasteiger partial charge in [0.05, 0.1) is 6.10 Å². The van der Waals surface area contributed by atoms with Crippen molar-refractivity contribution in [2.24, 2.45) is 5.73 Å². The van der Waals surface area contributed by atoms with Crippen LogP contribution in [0.4, 0.5) is 4.79 Å². The fourth-order valence-electron chi connectivity index (χ4n) is 1.92. The van der Waals surface area contributed by atoms with Crippen molar-refractivity contribution in [1.29, 1.82) is 0 Å². The predicted molar refractivity (Wildman–Crippen MR) is 65.2 cm³/mol. The Kier molecular flexibility index (Phi) is 5.56. The number of β-amino-alcohol motifs (C(OH)–C–C–N with tert-alkyl or cyclic N) is 1. The molecule has 1 heterocycles. The minimum atomic E-state index is -1.22. The molecule has 0 saturated carbocycles. The molecule has 1 saturated heterocycles. The lowest BCUT2D eigenvalue weighted by atomic mass is 10.1. The fraction of sp³-hybridized carbons (Fsp3) is 0.727. The first-order chi connectivity index (χ1) is 8.90. The molecule has 1 unspecified atom stereocenters. The van der Waals surface area contributed by atoms with Gasteiger partial charge in [0.15, 0.2) is 0 Å². The van der Waals surface area contributed by atoms with Gasteiger partial charge in [0, 0.05) is 19.5 Å². The molecule has 0 aromatic carbocycles. The Balaban J connectivity index is 2.50. The second-order valence-corrected chi connectivity index (χ2v) is 4.59. The van der Waals surface area contributed by atoms with Crippen LogP contribution in [0.3, 0.4) is 0 Å². The Morgan fingerprint density at radius 1 is 1.42 bits per heavy atom. The number of likely N-dealkylation sites (tertiary alicyclic amines) is 1. The summed E-state index contributed by atoms with van der Waals surface area (Å²) in [5.74, 6) is -1.83. The van der Waals surface area contributed by atoms with E-state index in [2.05, 4.69) is 5.32 Å². The summed E-state index contributed by atoms with van der Waals surface area (Å²) in [7, 11) is 0. The van der Waals surface area contributed by atoms with Gasteiger partial charge in [-0.05, 0) is 19.3 Å². The Morgan fingerprint density at radius 2 is 2.11 bits per heavy atom. The molecule has 1 aliphatic heterocycles. The van der Waals surface area contributed by atoms with E-state index >= 15 is 0 Å². The number of rotatable bonds is 5. The van der Waals surface area contributed by atoms with Gasteiger partial charge in [-0.15, -0.1) is 0 Å². The van der Waals surface area contributed by atoms with Crippen LogP contribution in [0, 0.1) is 0 Å². The first-order valence-corrected chi connectivity index (χ1v) is 6.14. The monoisotopic (exact) mass is 273 g/mol. The van der Waals surface area contributed by atoms with Gasteiger partial charge in [-0.3, -0.25) is 4.79 Å². The molecule has 0 bridgehead atoms. The zero-order valence-corrected chi connectivity index (χ0v) is 10.5. The number of primary amides is 1. The van der Waals surface area contributed by atoms with Gasteiger partial charge in [-0.2, -0.15) is 0 Å². The zero-order chi connectivity index (χ0) is 14.4.